The van der Waals surface area contributed by atoms with Crippen LogP contribution in [-0.4, -0.2) is 6.04 Å². The van der Waals surface area contributed by atoms with E-state index in [0.29, 0.717) is 6.61 Å². The Labute approximate surface area is 120 Å². The van der Waals surface area contributed by atoms with E-state index >= 15 is 0 Å². The van der Waals surface area contributed by atoms with Gasteiger partial charge in [-0.05, 0) is 31.4 Å². The summed E-state index contributed by atoms with van der Waals surface area (Å²) in [6.45, 7) is 3.63. The molecule has 0 aromatic heterocycles. The third kappa shape index (κ3) is 3.61. The molecule has 0 amide bonds. The average Bonchev–Trinajstić information content (AvgIpc) is 3.28. The largest absolute Gasteiger partial charge is 0.489 e. The van der Waals surface area contributed by atoms with Crippen LogP contribution in [0.2, 0.25) is 0 Å². The first-order chi connectivity index (χ1) is 9.81. The number of nitrogens with one attached hydrogen (secondary N) is 1. The summed E-state index contributed by atoms with van der Waals surface area (Å²) in [4.78, 5) is 0. The van der Waals surface area contributed by atoms with Crippen LogP contribution in [0, 0.1) is 6.92 Å². The summed E-state index contributed by atoms with van der Waals surface area (Å²) >= 11 is 0. The first-order valence-corrected chi connectivity index (χ1v) is 7.31. The maximum atomic E-state index is 5.99. The number of para-hydroxylation sites is 1. The molecule has 1 fully saturated rings. The third-order valence-corrected chi connectivity index (χ3v) is 3.61. The molecule has 2 heteroatoms. The topological polar surface area (TPSA) is 21.3 Å². The summed E-state index contributed by atoms with van der Waals surface area (Å²) in [7, 11) is 0. The Hall–Kier alpha value is -1.80. The molecule has 0 spiro atoms. The van der Waals surface area contributed by atoms with Crippen molar-refractivity contribution in [2.45, 2.75) is 39.0 Å². The molecule has 0 unspecified atom stereocenters. The first kappa shape index (κ1) is 13.2. The summed E-state index contributed by atoms with van der Waals surface area (Å²) < 4.78 is 5.99. The minimum Gasteiger partial charge on any atom is -0.489 e. The lowest BCUT2D eigenvalue weighted by Crippen LogP contribution is -2.16. The van der Waals surface area contributed by atoms with Gasteiger partial charge >= 0.3 is 0 Å². The van der Waals surface area contributed by atoms with E-state index < -0.39 is 0 Å². The molecular formula is C18H21NO. The van der Waals surface area contributed by atoms with Crippen molar-refractivity contribution in [2.75, 3.05) is 0 Å². The molecule has 1 aliphatic carbocycles. The molecular weight excluding hydrogens is 246 g/mol. The van der Waals surface area contributed by atoms with E-state index in [2.05, 4.69) is 54.7 Å². The highest BCUT2D eigenvalue weighted by Crippen LogP contribution is 2.23. The molecule has 3 rings (SSSR count). The van der Waals surface area contributed by atoms with E-state index in [-0.39, 0.29) is 0 Å². The summed E-state index contributed by atoms with van der Waals surface area (Å²) in [5.41, 5.74) is 3.73. The molecule has 0 bridgehead atoms. The Morgan fingerprint density at radius 3 is 2.75 bits per heavy atom. The molecule has 0 aliphatic heterocycles. The monoisotopic (exact) mass is 267 g/mol. The van der Waals surface area contributed by atoms with Crippen LogP contribution in [0.15, 0.2) is 48.5 Å². The maximum absolute atomic E-state index is 5.99. The van der Waals surface area contributed by atoms with Gasteiger partial charge in [0.1, 0.15) is 12.4 Å². The van der Waals surface area contributed by atoms with Gasteiger partial charge in [-0.25, -0.2) is 0 Å². The van der Waals surface area contributed by atoms with Gasteiger partial charge in [0.25, 0.3) is 0 Å². The van der Waals surface area contributed by atoms with Gasteiger partial charge in [-0.3, -0.25) is 0 Å². The highest BCUT2D eigenvalue weighted by atomic mass is 16.5. The van der Waals surface area contributed by atoms with Crippen LogP contribution >= 0.6 is 0 Å². The van der Waals surface area contributed by atoms with Crippen LogP contribution < -0.4 is 10.1 Å². The highest BCUT2D eigenvalue weighted by Gasteiger charge is 2.20. The summed E-state index contributed by atoms with van der Waals surface area (Å²) in [6, 6.07) is 17.5. The van der Waals surface area contributed by atoms with Gasteiger partial charge in [0.05, 0.1) is 0 Å². The third-order valence-electron chi connectivity index (χ3n) is 3.61. The smallest absolute Gasteiger partial charge is 0.124 e. The molecule has 20 heavy (non-hydrogen) atoms. The van der Waals surface area contributed by atoms with E-state index in [9.17, 15) is 0 Å². The van der Waals surface area contributed by atoms with Crippen molar-refractivity contribution in [3.05, 3.63) is 65.2 Å². The summed E-state index contributed by atoms with van der Waals surface area (Å²) in [5.74, 6) is 0.988. The fraction of sp³-hybridized carbons (Fsp3) is 0.333. The number of ether oxygens (including phenoxy) is 1. The fourth-order valence-electron chi connectivity index (χ4n) is 2.30. The Morgan fingerprint density at radius 1 is 1.10 bits per heavy atom. The molecule has 1 N–H and O–H groups in total. The number of aryl methyl sites for hydroxylation is 1. The molecule has 2 nitrogen and oxygen atoms in total. The molecule has 1 saturated carbocycles. The Balaban J connectivity index is 1.63. The highest BCUT2D eigenvalue weighted by molar-refractivity contribution is 5.34. The van der Waals surface area contributed by atoms with Gasteiger partial charge in [0.2, 0.25) is 0 Å². The van der Waals surface area contributed by atoms with E-state index in [1.54, 1.807) is 0 Å². The zero-order valence-corrected chi connectivity index (χ0v) is 11.9. The lowest BCUT2D eigenvalue weighted by Gasteiger charge is -2.12. The molecule has 0 heterocycles. The summed E-state index contributed by atoms with van der Waals surface area (Å²) in [6.07, 6.45) is 2.62. The van der Waals surface area contributed by atoms with Crippen LogP contribution in [0.3, 0.4) is 0 Å². The molecule has 0 saturated heterocycles. The van der Waals surface area contributed by atoms with E-state index in [4.69, 9.17) is 4.74 Å². The predicted octanol–water partition coefficient (Wildman–Crippen LogP) is 3.83. The van der Waals surface area contributed by atoms with Gasteiger partial charge in [0.15, 0.2) is 0 Å². The van der Waals surface area contributed by atoms with Crippen LogP contribution in [-0.2, 0) is 13.2 Å². The Bertz CT molecular complexity index is 575. The summed E-state index contributed by atoms with van der Waals surface area (Å²) in [5, 5.41) is 3.54. The fourth-order valence-corrected chi connectivity index (χ4v) is 2.30. The van der Waals surface area contributed by atoms with E-state index in [1.807, 2.05) is 6.07 Å². The Kier molecular flexibility index (Phi) is 4.03. The second-order valence-corrected chi connectivity index (χ2v) is 5.54. The van der Waals surface area contributed by atoms with Crippen LogP contribution in [0.5, 0.6) is 5.75 Å². The molecule has 0 radical (unpaired) electrons. The van der Waals surface area contributed by atoms with Crippen molar-refractivity contribution in [2.24, 2.45) is 0 Å². The molecule has 104 valence electrons. The predicted molar refractivity (Wildman–Crippen MR) is 81.8 cm³/mol. The average molecular weight is 267 g/mol. The minimum atomic E-state index is 0.627. The maximum Gasteiger partial charge on any atom is 0.124 e. The van der Waals surface area contributed by atoms with E-state index in [1.165, 1.54) is 29.5 Å². The van der Waals surface area contributed by atoms with Crippen molar-refractivity contribution in [3.63, 3.8) is 0 Å². The second-order valence-electron chi connectivity index (χ2n) is 5.54. The van der Waals surface area contributed by atoms with Crippen molar-refractivity contribution >= 4 is 0 Å². The lowest BCUT2D eigenvalue weighted by atomic mass is 10.1. The quantitative estimate of drug-likeness (QED) is 0.859. The lowest BCUT2D eigenvalue weighted by molar-refractivity contribution is 0.302. The van der Waals surface area contributed by atoms with Gasteiger partial charge in [-0.1, -0.05) is 48.0 Å². The number of hydrogen-bond donors (Lipinski definition) is 1. The van der Waals surface area contributed by atoms with Gasteiger partial charge < -0.3 is 10.1 Å². The molecule has 0 atom stereocenters. The minimum absolute atomic E-state index is 0.627. The second kappa shape index (κ2) is 6.10. The zero-order chi connectivity index (χ0) is 13.8. The standard InChI is InChI=1S/C18H21NO/c1-14-5-4-6-15(11-14)13-20-18-8-3-2-7-16(18)12-19-17-9-10-17/h2-8,11,17,19H,9-10,12-13H2,1H3. The van der Waals surface area contributed by atoms with Crippen molar-refractivity contribution in [3.8, 4) is 5.75 Å². The van der Waals surface area contributed by atoms with Gasteiger partial charge in [-0.2, -0.15) is 0 Å². The number of rotatable bonds is 6. The molecule has 1 aliphatic rings. The normalized spacial score (nSPS) is 14.2. The van der Waals surface area contributed by atoms with Gasteiger partial charge in [-0.15, -0.1) is 0 Å². The van der Waals surface area contributed by atoms with Crippen molar-refractivity contribution < 1.29 is 4.74 Å². The van der Waals surface area contributed by atoms with Gasteiger partial charge in [0, 0.05) is 18.2 Å². The molecule has 2 aromatic carbocycles. The van der Waals surface area contributed by atoms with Crippen molar-refractivity contribution in [1.29, 1.82) is 0 Å². The zero-order valence-electron chi connectivity index (χ0n) is 11.9. The molecule has 2 aromatic rings. The van der Waals surface area contributed by atoms with Crippen LogP contribution in [0.4, 0.5) is 0 Å². The van der Waals surface area contributed by atoms with Crippen molar-refractivity contribution in [1.82, 2.24) is 5.32 Å². The number of hydrogen-bond acceptors (Lipinski definition) is 2. The van der Waals surface area contributed by atoms with E-state index in [0.717, 1.165) is 18.3 Å². The number of benzene rings is 2. The first-order valence-electron chi connectivity index (χ1n) is 7.31. The SMILES string of the molecule is Cc1cccc(COc2ccccc2CNC2CC2)c1. The Morgan fingerprint density at radius 2 is 1.95 bits per heavy atom. The van der Waals surface area contributed by atoms with Crippen LogP contribution in [0.1, 0.15) is 29.5 Å². The van der Waals surface area contributed by atoms with Crippen LogP contribution in [0.25, 0.3) is 0 Å².